The van der Waals surface area contributed by atoms with E-state index < -0.39 is 0 Å². The number of carbonyl (C=O) groups is 1. The third kappa shape index (κ3) is 4.70. The van der Waals surface area contributed by atoms with E-state index in [4.69, 9.17) is 16.3 Å². The fraction of sp³-hybridized carbons (Fsp3) is 0.353. The Kier molecular flexibility index (Phi) is 5.54. The van der Waals surface area contributed by atoms with Gasteiger partial charge in [-0.25, -0.2) is 4.79 Å². The number of amides is 1. The van der Waals surface area contributed by atoms with Crippen molar-refractivity contribution >= 4 is 29.0 Å². The number of hydrogen-bond acceptors (Lipinski definition) is 4. The Bertz CT molecular complexity index is 639. The summed E-state index contributed by atoms with van der Waals surface area (Å²) in [5.74, 6) is 0. The lowest BCUT2D eigenvalue weighted by atomic mass is 10.2. The summed E-state index contributed by atoms with van der Waals surface area (Å²) in [6.45, 7) is 4.34. The van der Waals surface area contributed by atoms with E-state index in [1.165, 1.54) is 4.88 Å². The second-order valence-electron chi connectivity index (χ2n) is 5.51. The minimum Gasteiger partial charge on any atom is -0.445 e. The third-order valence-corrected chi connectivity index (χ3v) is 5.06. The van der Waals surface area contributed by atoms with E-state index in [0.29, 0.717) is 19.7 Å². The molecule has 0 atom stereocenters. The van der Waals surface area contributed by atoms with Gasteiger partial charge in [-0.3, -0.25) is 4.90 Å². The molecule has 0 saturated carbocycles. The Labute approximate surface area is 145 Å². The van der Waals surface area contributed by atoms with Crippen LogP contribution in [0.25, 0.3) is 0 Å². The molecule has 1 amide bonds. The molecule has 1 aromatic carbocycles. The van der Waals surface area contributed by atoms with Gasteiger partial charge in [-0.2, -0.15) is 0 Å². The second-order valence-corrected chi connectivity index (χ2v) is 7.31. The number of nitrogens with zero attached hydrogens (tertiary/aromatic N) is 2. The van der Waals surface area contributed by atoms with Gasteiger partial charge in [-0.15, -0.1) is 11.3 Å². The van der Waals surface area contributed by atoms with Gasteiger partial charge < -0.3 is 9.64 Å². The van der Waals surface area contributed by atoms with E-state index in [2.05, 4.69) is 11.0 Å². The zero-order chi connectivity index (χ0) is 16.1. The highest BCUT2D eigenvalue weighted by Gasteiger charge is 2.22. The van der Waals surface area contributed by atoms with Gasteiger partial charge in [0.2, 0.25) is 0 Å². The predicted octanol–water partition coefficient (Wildman–Crippen LogP) is 3.86. The Balaban J connectivity index is 1.42. The molecule has 1 saturated heterocycles. The Morgan fingerprint density at radius 3 is 2.48 bits per heavy atom. The summed E-state index contributed by atoms with van der Waals surface area (Å²) in [5, 5.41) is 0. The minimum absolute atomic E-state index is 0.229. The number of thiophene rings is 1. The second kappa shape index (κ2) is 7.81. The van der Waals surface area contributed by atoms with Crippen molar-refractivity contribution in [3.63, 3.8) is 0 Å². The molecule has 2 heterocycles. The molecule has 1 aliphatic rings. The predicted molar refractivity (Wildman–Crippen MR) is 92.8 cm³/mol. The molecular weight excluding hydrogens is 332 g/mol. The first-order chi connectivity index (χ1) is 11.2. The van der Waals surface area contributed by atoms with Crippen LogP contribution in [-0.2, 0) is 17.9 Å². The van der Waals surface area contributed by atoms with Crippen LogP contribution in [0.15, 0.2) is 42.5 Å². The highest BCUT2D eigenvalue weighted by molar-refractivity contribution is 7.16. The molecule has 3 rings (SSSR count). The van der Waals surface area contributed by atoms with Gasteiger partial charge in [0.25, 0.3) is 0 Å². The Hall–Kier alpha value is -1.56. The molecule has 6 heteroatoms. The standard InChI is InChI=1S/C17H19ClN2O2S/c18-16-7-6-15(23-16)12-19-8-10-20(11-9-19)17(21)22-13-14-4-2-1-3-5-14/h1-7H,8-13H2. The van der Waals surface area contributed by atoms with Crippen molar-refractivity contribution < 1.29 is 9.53 Å². The van der Waals surface area contributed by atoms with E-state index in [1.807, 2.05) is 36.4 Å². The molecular formula is C17H19ClN2O2S. The SMILES string of the molecule is O=C(OCc1ccccc1)N1CCN(Cc2ccc(Cl)s2)CC1. The van der Waals surface area contributed by atoms with Gasteiger partial charge >= 0.3 is 6.09 Å². The highest BCUT2D eigenvalue weighted by Crippen LogP contribution is 2.23. The average Bonchev–Trinajstić information content (AvgIpc) is 2.99. The molecule has 1 fully saturated rings. The lowest BCUT2D eigenvalue weighted by Gasteiger charge is -2.33. The van der Waals surface area contributed by atoms with Crippen molar-refractivity contribution in [2.45, 2.75) is 13.2 Å². The van der Waals surface area contributed by atoms with Crippen molar-refractivity contribution in [3.8, 4) is 0 Å². The van der Waals surface area contributed by atoms with Crippen LogP contribution in [0.1, 0.15) is 10.4 Å². The normalized spacial score (nSPS) is 15.6. The number of rotatable bonds is 4. The van der Waals surface area contributed by atoms with Crippen molar-refractivity contribution in [2.24, 2.45) is 0 Å². The molecule has 4 nitrogen and oxygen atoms in total. The van der Waals surface area contributed by atoms with E-state index >= 15 is 0 Å². The zero-order valence-electron chi connectivity index (χ0n) is 12.8. The number of halogens is 1. The van der Waals surface area contributed by atoms with Crippen molar-refractivity contribution in [3.05, 3.63) is 57.2 Å². The van der Waals surface area contributed by atoms with Crippen LogP contribution in [0.5, 0.6) is 0 Å². The van der Waals surface area contributed by atoms with E-state index in [9.17, 15) is 4.79 Å². The number of carbonyl (C=O) groups excluding carboxylic acids is 1. The van der Waals surface area contributed by atoms with Gasteiger partial charge in [-0.05, 0) is 17.7 Å². The summed E-state index contributed by atoms with van der Waals surface area (Å²) < 4.78 is 6.20. The molecule has 0 radical (unpaired) electrons. The van der Waals surface area contributed by atoms with Crippen LogP contribution in [0.4, 0.5) is 4.79 Å². The van der Waals surface area contributed by atoms with Gasteiger partial charge in [0.05, 0.1) is 4.34 Å². The number of hydrogen-bond donors (Lipinski definition) is 0. The van der Waals surface area contributed by atoms with Crippen LogP contribution in [0.3, 0.4) is 0 Å². The monoisotopic (exact) mass is 350 g/mol. The zero-order valence-corrected chi connectivity index (χ0v) is 14.4. The maximum Gasteiger partial charge on any atom is 0.410 e. The van der Waals surface area contributed by atoms with Gasteiger partial charge in [0.1, 0.15) is 6.61 Å². The third-order valence-electron chi connectivity index (χ3n) is 3.84. The molecule has 0 aliphatic carbocycles. The quantitative estimate of drug-likeness (QED) is 0.839. The summed E-state index contributed by atoms with van der Waals surface area (Å²) in [7, 11) is 0. The van der Waals surface area contributed by atoms with Gasteiger partial charge in [0, 0.05) is 37.6 Å². The van der Waals surface area contributed by atoms with E-state index in [1.54, 1.807) is 16.2 Å². The van der Waals surface area contributed by atoms with Crippen molar-refractivity contribution in [1.82, 2.24) is 9.80 Å². The number of benzene rings is 1. The van der Waals surface area contributed by atoms with Crippen LogP contribution >= 0.6 is 22.9 Å². The minimum atomic E-state index is -0.229. The average molecular weight is 351 g/mol. The summed E-state index contributed by atoms with van der Waals surface area (Å²) in [5.41, 5.74) is 1.01. The van der Waals surface area contributed by atoms with Crippen molar-refractivity contribution in [1.29, 1.82) is 0 Å². The lowest BCUT2D eigenvalue weighted by Crippen LogP contribution is -2.48. The largest absolute Gasteiger partial charge is 0.445 e. The van der Waals surface area contributed by atoms with Gasteiger partial charge in [0.15, 0.2) is 0 Å². The summed E-state index contributed by atoms with van der Waals surface area (Å²) in [6.07, 6.45) is -0.229. The first-order valence-electron chi connectivity index (χ1n) is 7.63. The Morgan fingerprint density at radius 2 is 1.83 bits per heavy atom. The molecule has 1 aliphatic heterocycles. The first-order valence-corrected chi connectivity index (χ1v) is 8.82. The summed E-state index contributed by atoms with van der Waals surface area (Å²) in [4.78, 5) is 17.5. The van der Waals surface area contributed by atoms with Crippen LogP contribution in [0, 0.1) is 0 Å². The first kappa shape index (κ1) is 16.3. The fourth-order valence-corrected chi connectivity index (χ4v) is 3.69. The molecule has 0 spiro atoms. The molecule has 0 bridgehead atoms. The fourth-order valence-electron chi connectivity index (χ4n) is 2.56. The lowest BCUT2D eigenvalue weighted by molar-refractivity contribution is 0.0703. The number of ether oxygens (including phenoxy) is 1. The molecule has 0 unspecified atom stereocenters. The smallest absolute Gasteiger partial charge is 0.410 e. The maximum atomic E-state index is 12.1. The topological polar surface area (TPSA) is 32.8 Å². The molecule has 23 heavy (non-hydrogen) atoms. The van der Waals surface area contributed by atoms with E-state index in [0.717, 1.165) is 29.5 Å². The summed E-state index contributed by atoms with van der Waals surface area (Å²) >= 11 is 7.57. The highest BCUT2D eigenvalue weighted by atomic mass is 35.5. The van der Waals surface area contributed by atoms with Crippen LogP contribution in [-0.4, -0.2) is 42.1 Å². The molecule has 122 valence electrons. The van der Waals surface area contributed by atoms with E-state index in [-0.39, 0.29) is 6.09 Å². The number of piperazine rings is 1. The molecule has 2 aromatic rings. The van der Waals surface area contributed by atoms with Crippen LogP contribution < -0.4 is 0 Å². The van der Waals surface area contributed by atoms with Crippen LogP contribution in [0.2, 0.25) is 4.34 Å². The Morgan fingerprint density at radius 1 is 1.09 bits per heavy atom. The molecule has 0 N–H and O–H groups in total. The summed E-state index contributed by atoms with van der Waals surface area (Å²) in [6, 6.07) is 13.7. The molecule has 1 aromatic heterocycles. The van der Waals surface area contributed by atoms with Gasteiger partial charge in [-0.1, -0.05) is 41.9 Å². The maximum absolute atomic E-state index is 12.1. The van der Waals surface area contributed by atoms with Crippen molar-refractivity contribution in [2.75, 3.05) is 26.2 Å².